The summed E-state index contributed by atoms with van der Waals surface area (Å²) >= 11 is 6.43. The maximum Gasteiger partial charge on any atom is 0.230 e. The van der Waals surface area contributed by atoms with E-state index in [0.29, 0.717) is 68.3 Å². The van der Waals surface area contributed by atoms with Crippen LogP contribution in [0.3, 0.4) is 0 Å². The number of carbonyl (C=O) groups excluding carboxylic acids is 2. The molecule has 0 aromatic heterocycles. The van der Waals surface area contributed by atoms with Crippen LogP contribution < -0.4 is 9.80 Å². The van der Waals surface area contributed by atoms with Gasteiger partial charge >= 0.3 is 0 Å². The van der Waals surface area contributed by atoms with Gasteiger partial charge in [-0.05, 0) is 101 Å². The molecule has 2 aromatic carbocycles. The van der Waals surface area contributed by atoms with E-state index in [1.807, 2.05) is 61.2 Å². The van der Waals surface area contributed by atoms with Crippen molar-refractivity contribution >= 4 is 44.6 Å². The molecule has 2 amide bonds. The predicted octanol–water partition coefficient (Wildman–Crippen LogP) is 4.63. The minimum absolute atomic E-state index is 0.0527. The third-order valence-corrected chi connectivity index (χ3v) is 11.2. The van der Waals surface area contributed by atoms with Crippen LogP contribution in [0.2, 0.25) is 5.02 Å². The van der Waals surface area contributed by atoms with Crippen LogP contribution in [0.15, 0.2) is 47.4 Å². The second-order valence-electron chi connectivity index (χ2n) is 11.5. The van der Waals surface area contributed by atoms with Gasteiger partial charge in [0.05, 0.1) is 10.1 Å². The summed E-state index contributed by atoms with van der Waals surface area (Å²) in [6, 6.07) is 12.9. The molecule has 2 heterocycles. The van der Waals surface area contributed by atoms with E-state index in [0.717, 1.165) is 29.9 Å². The maximum atomic E-state index is 13.7. The SMILES string of the molecule is CC(=O)N1CCC(C(=O)N(CCCN2CCC(S(=O)(=O)c3ccc(N(C)C)cc3)CC2)c2ccc(C)c(Cl)c2)CC1. The number of nitrogens with zero attached hydrogens (tertiary/aromatic N) is 4. The Morgan fingerprint density at radius 2 is 1.54 bits per heavy atom. The van der Waals surface area contributed by atoms with Crippen molar-refractivity contribution in [2.24, 2.45) is 5.92 Å². The number of rotatable bonds is 9. The van der Waals surface area contributed by atoms with Crippen molar-refractivity contribution in [3.63, 3.8) is 0 Å². The molecule has 41 heavy (non-hydrogen) atoms. The molecule has 2 aliphatic heterocycles. The molecule has 2 saturated heterocycles. The smallest absolute Gasteiger partial charge is 0.230 e. The molecule has 2 fully saturated rings. The number of hydrogen-bond acceptors (Lipinski definition) is 6. The summed E-state index contributed by atoms with van der Waals surface area (Å²) in [4.78, 5) is 33.8. The van der Waals surface area contributed by atoms with E-state index in [1.165, 1.54) is 0 Å². The highest BCUT2D eigenvalue weighted by molar-refractivity contribution is 7.92. The summed E-state index contributed by atoms with van der Waals surface area (Å²) in [5, 5.41) is 0.254. The molecule has 0 aliphatic carbocycles. The molecule has 8 nitrogen and oxygen atoms in total. The summed E-state index contributed by atoms with van der Waals surface area (Å²) in [5.41, 5.74) is 2.73. The first kappa shape index (κ1) is 31.3. The van der Waals surface area contributed by atoms with E-state index in [-0.39, 0.29) is 23.0 Å². The van der Waals surface area contributed by atoms with Crippen LogP contribution in [0.1, 0.15) is 44.6 Å². The molecule has 0 spiro atoms. The number of sulfone groups is 1. The Morgan fingerprint density at radius 3 is 2.10 bits per heavy atom. The molecular weight excluding hydrogens is 560 g/mol. The number of halogens is 1. The van der Waals surface area contributed by atoms with E-state index in [1.54, 1.807) is 24.0 Å². The lowest BCUT2D eigenvalue weighted by atomic mass is 9.94. The number of benzene rings is 2. The molecule has 0 radical (unpaired) electrons. The molecule has 2 aliphatic rings. The van der Waals surface area contributed by atoms with E-state index >= 15 is 0 Å². The standard InChI is InChI=1S/C31H43ClN4O4S/c1-23-6-7-27(22-30(23)32)36(31(38)25-12-20-35(21-13-25)24(2)37)17-5-16-34-18-14-29(15-19-34)41(39,40)28-10-8-26(9-11-28)33(3)4/h6-11,22,25,29H,5,12-21H2,1-4H3. The van der Waals surface area contributed by atoms with Crippen LogP contribution in [-0.2, 0) is 19.4 Å². The molecule has 0 atom stereocenters. The molecule has 224 valence electrons. The zero-order valence-electron chi connectivity index (χ0n) is 24.7. The number of amides is 2. The molecular formula is C31H43ClN4O4S. The molecule has 0 saturated carbocycles. The zero-order valence-corrected chi connectivity index (χ0v) is 26.3. The van der Waals surface area contributed by atoms with Gasteiger partial charge in [-0.25, -0.2) is 8.42 Å². The molecule has 0 N–H and O–H groups in total. The largest absolute Gasteiger partial charge is 0.378 e. The fraction of sp³-hybridized carbons (Fsp3) is 0.548. The highest BCUT2D eigenvalue weighted by atomic mass is 35.5. The minimum atomic E-state index is -3.37. The van der Waals surface area contributed by atoms with Gasteiger partial charge in [0.2, 0.25) is 11.8 Å². The van der Waals surface area contributed by atoms with Crippen molar-refractivity contribution in [3.8, 4) is 0 Å². The van der Waals surface area contributed by atoms with Crippen LogP contribution in [0, 0.1) is 12.8 Å². The number of hydrogen-bond donors (Lipinski definition) is 0. The van der Waals surface area contributed by atoms with Crippen LogP contribution in [0.25, 0.3) is 0 Å². The van der Waals surface area contributed by atoms with Gasteiger partial charge < -0.3 is 19.6 Å². The van der Waals surface area contributed by atoms with Gasteiger partial charge in [-0.3, -0.25) is 9.59 Å². The van der Waals surface area contributed by atoms with Crippen molar-refractivity contribution in [2.45, 2.75) is 56.1 Å². The Balaban J connectivity index is 1.34. The van der Waals surface area contributed by atoms with Crippen molar-refractivity contribution in [3.05, 3.63) is 53.1 Å². The third kappa shape index (κ3) is 7.62. The normalized spacial score (nSPS) is 17.4. The first-order chi connectivity index (χ1) is 19.5. The molecule has 0 unspecified atom stereocenters. The van der Waals surface area contributed by atoms with E-state index in [2.05, 4.69) is 4.90 Å². The lowest BCUT2D eigenvalue weighted by Crippen LogP contribution is -2.45. The molecule has 10 heteroatoms. The highest BCUT2D eigenvalue weighted by Crippen LogP contribution is 2.29. The minimum Gasteiger partial charge on any atom is -0.378 e. The fourth-order valence-electron chi connectivity index (χ4n) is 5.80. The first-order valence-electron chi connectivity index (χ1n) is 14.5. The number of aryl methyl sites for hydroxylation is 1. The Labute approximate surface area is 250 Å². The van der Waals surface area contributed by atoms with Gasteiger partial charge in [-0.1, -0.05) is 17.7 Å². The number of anilines is 2. The van der Waals surface area contributed by atoms with Crippen molar-refractivity contribution in [2.75, 3.05) is 63.2 Å². The summed E-state index contributed by atoms with van der Waals surface area (Å²) < 4.78 is 26.5. The van der Waals surface area contributed by atoms with Gasteiger partial charge in [0.1, 0.15) is 0 Å². The quantitative estimate of drug-likeness (QED) is 0.416. The topological polar surface area (TPSA) is 81.2 Å². The summed E-state index contributed by atoms with van der Waals surface area (Å²) in [6.07, 6.45) is 3.29. The van der Waals surface area contributed by atoms with Gasteiger partial charge in [-0.15, -0.1) is 0 Å². The van der Waals surface area contributed by atoms with E-state index < -0.39 is 9.84 Å². The average Bonchev–Trinajstić information content (AvgIpc) is 2.97. The molecule has 4 rings (SSSR count). The first-order valence-corrected chi connectivity index (χ1v) is 16.5. The van der Waals surface area contributed by atoms with Gasteiger partial charge in [0.25, 0.3) is 0 Å². The summed E-state index contributed by atoms with van der Waals surface area (Å²) in [7, 11) is 0.494. The van der Waals surface area contributed by atoms with Gasteiger partial charge in [-0.2, -0.15) is 0 Å². The predicted molar refractivity (Wildman–Crippen MR) is 166 cm³/mol. The summed E-state index contributed by atoms with van der Waals surface area (Å²) in [6.45, 7) is 7.50. The lowest BCUT2D eigenvalue weighted by Gasteiger charge is -2.35. The van der Waals surface area contributed by atoms with Crippen LogP contribution in [0.4, 0.5) is 11.4 Å². The van der Waals surface area contributed by atoms with Crippen LogP contribution in [-0.4, -0.2) is 88.6 Å². The van der Waals surface area contributed by atoms with E-state index in [4.69, 9.17) is 11.6 Å². The van der Waals surface area contributed by atoms with Crippen LogP contribution in [0.5, 0.6) is 0 Å². The fourth-order valence-corrected chi connectivity index (χ4v) is 7.71. The monoisotopic (exact) mass is 602 g/mol. The Hall–Kier alpha value is -2.62. The molecule has 0 bridgehead atoms. The number of piperidine rings is 2. The Kier molecular flexibility index (Phi) is 10.4. The van der Waals surface area contributed by atoms with Crippen molar-refractivity contribution in [1.29, 1.82) is 0 Å². The lowest BCUT2D eigenvalue weighted by molar-refractivity contribution is -0.133. The number of carbonyl (C=O) groups is 2. The zero-order chi connectivity index (χ0) is 29.7. The molecule has 2 aromatic rings. The van der Waals surface area contributed by atoms with Gasteiger partial charge in [0.15, 0.2) is 9.84 Å². The van der Waals surface area contributed by atoms with E-state index in [9.17, 15) is 18.0 Å². The van der Waals surface area contributed by atoms with Crippen molar-refractivity contribution < 1.29 is 18.0 Å². The van der Waals surface area contributed by atoms with Crippen LogP contribution >= 0.6 is 11.6 Å². The average molecular weight is 603 g/mol. The van der Waals surface area contributed by atoms with Crippen molar-refractivity contribution in [1.82, 2.24) is 9.80 Å². The third-order valence-electron chi connectivity index (χ3n) is 8.53. The maximum absolute atomic E-state index is 13.7. The van der Waals surface area contributed by atoms with Gasteiger partial charge in [0, 0.05) is 63.0 Å². The Morgan fingerprint density at radius 1 is 0.927 bits per heavy atom. The summed E-state index contributed by atoms with van der Waals surface area (Å²) in [5.74, 6) is 0.00788. The Bertz CT molecular complexity index is 1320. The second-order valence-corrected chi connectivity index (χ2v) is 14.2. The highest BCUT2D eigenvalue weighted by Gasteiger charge is 2.32. The second kappa shape index (κ2) is 13.6. The number of likely N-dealkylation sites (tertiary alicyclic amines) is 2.